The van der Waals surface area contributed by atoms with E-state index < -0.39 is 10.8 Å². The second-order valence-corrected chi connectivity index (χ2v) is 9.20. The maximum absolute atomic E-state index is 12.4. The van der Waals surface area contributed by atoms with Gasteiger partial charge in [-0.15, -0.1) is 11.3 Å². The van der Waals surface area contributed by atoms with Crippen molar-refractivity contribution in [3.05, 3.63) is 64.9 Å². The van der Waals surface area contributed by atoms with Crippen molar-refractivity contribution in [2.24, 2.45) is 0 Å². The first kappa shape index (κ1) is 17.1. The van der Waals surface area contributed by atoms with E-state index in [-0.39, 0.29) is 5.41 Å². The van der Waals surface area contributed by atoms with Crippen LogP contribution in [0.15, 0.2) is 52.5 Å². The van der Waals surface area contributed by atoms with Crippen molar-refractivity contribution in [2.75, 3.05) is 0 Å². The molecule has 5 heteroatoms. The highest BCUT2D eigenvalue weighted by atomic mass is 32.2. The maximum Gasteiger partial charge on any atom is 0.236 e. The molecule has 0 aliphatic heterocycles. The Kier molecular flexibility index (Phi) is 5.01. The standard InChI is InChI=1S/C19H21NO2S2/c1-19(2,3)15-8-6-14(7-9-15)12-24(21)13-16-11-22-18(20-16)17-5-4-10-23-17/h4-11H,12-13H2,1-3H3. The van der Waals surface area contributed by atoms with E-state index in [9.17, 15) is 4.21 Å². The lowest BCUT2D eigenvalue weighted by atomic mass is 9.87. The molecule has 2 aromatic heterocycles. The summed E-state index contributed by atoms with van der Waals surface area (Å²) in [4.78, 5) is 5.42. The number of benzene rings is 1. The lowest BCUT2D eigenvalue weighted by molar-refractivity contribution is 0.574. The van der Waals surface area contributed by atoms with Gasteiger partial charge in [0.15, 0.2) is 0 Å². The molecule has 126 valence electrons. The van der Waals surface area contributed by atoms with E-state index >= 15 is 0 Å². The number of oxazole rings is 1. The molecule has 0 fully saturated rings. The van der Waals surface area contributed by atoms with Gasteiger partial charge < -0.3 is 4.42 Å². The van der Waals surface area contributed by atoms with Gasteiger partial charge in [-0.3, -0.25) is 4.21 Å². The minimum Gasteiger partial charge on any atom is -0.444 e. The molecule has 0 aliphatic carbocycles. The van der Waals surface area contributed by atoms with E-state index in [0.717, 1.165) is 16.1 Å². The lowest BCUT2D eigenvalue weighted by Crippen LogP contribution is -2.10. The molecule has 24 heavy (non-hydrogen) atoms. The Morgan fingerprint density at radius 3 is 2.50 bits per heavy atom. The van der Waals surface area contributed by atoms with Gasteiger partial charge in [0.25, 0.3) is 0 Å². The maximum atomic E-state index is 12.4. The van der Waals surface area contributed by atoms with Crippen LogP contribution in [0.2, 0.25) is 0 Å². The summed E-state index contributed by atoms with van der Waals surface area (Å²) in [5.74, 6) is 1.55. The Morgan fingerprint density at radius 1 is 1.12 bits per heavy atom. The molecule has 0 bridgehead atoms. The zero-order chi connectivity index (χ0) is 17.2. The normalized spacial score (nSPS) is 13.1. The summed E-state index contributed by atoms with van der Waals surface area (Å²) >= 11 is 1.58. The van der Waals surface area contributed by atoms with Gasteiger partial charge >= 0.3 is 0 Å². The molecular weight excluding hydrogens is 338 g/mol. The highest BCUT2D eigenvalue weighted by molar-refractivity contribution is 7.83. The Labute approximate surface area is 149 Å². The highest BCUT2D eigenvalue weighted by Crippen LogP contribution is 2.25. The predicted molar refractivity (Wildman–Crippen MR) is 101 cm³/mol. The van der Waals surface area contributed by atoms with Gasteiger partial charge in [0.2, 0.25) is 5.89 Å². The van der Waals surface area contributed by atoms with Gasteiger partial charge in [0.05, 0.1) is 16.3 Å². The van der Waals surface area contributed by atoms with Crippen LogP contribution in [-0.4, -0.2) is 9.19 Å². The molecule has 0 N–H and O–H groups in total. The molecule has 2 heterocycles. The van der Waals surface area contributed by atoms with Crippen molar-refractivity contribution in [3.63, 3.8) is 0 Å². The van der Waals surface area contributed by atoms with Gasteiger partial charge in [0, 0.05) is 16.6 Å². The Balaban J connectivity index is 1.62. The van der Waals surface area contributed by atoms with Gasteiger partial charge in [-0.1, -0.05) is 51.1 Å². The van der Waals surface area contributed by atoms with Crippen LogP contribution < -0.4 is 0 Å². The molecule has 0 saturated carbocycles. The Hall–Kier alpha value is -1.72. The smallest absolute Gasteiger partial charge is 0.236 e. The molecule has 3 rings (SSSR count). The van der Waals surface area contributed by atoms with Gasteiger partial charge in [0.1, 0.15) is 6.26 Å². The van der Waals surface area contributed by atoms with E-state index in [1.165, 1.54) is 5.56 Å². The average molecular weight is 360 g/mol. The SMILES string of the molecule is CC(C)(C)c1ccc(CS(=O)Cc2coc(-c3cccs3)n2)cc1. The molecule has 0 amide bonds. The predicted octanol–water partition coefficient (Wildman–Crippen LogP) is 5.15. The summed E-state index contributed by atoms with van der Waals surface area (Å²) in [5.41, 5.74) is 3.25. The second-order valence-electron chi connectivity index (χ2n) is 6.80. The van der Waals surface area contributed by atoms with Crippen molar-refractivity contribution >= 4 is 22.1 Å². The van der Waals surface area contributed by atoms with Crippen molar-refractivity contribution in [1.82, 2.24) is 4.98 Å². The third kappa shape index (κ3) is 4.22. The second kappa shape index (κ2) is 7.03. The van der Waals surface area contributed by atoms with Crippen LogP contribution in [-0.2, 0) is 27.7 Å². The largest absolute Gasteiger partial charge is 0.444 e. The van der Waals surface area contributed by atoms with Crippen molar-refractivity contribution in [2.45, 2.75) is 37.7 Å². The molecule has 3 aromatic rings. The fraction of sp³-hybridized carbons (Fsp3) is 0.316. The summed E-state index contributed by atoms with van der Waals surface area (Å²) in [5, 5.41) is 1.98. The van der Waals surface area contributed by atoms with Crippen molar-refractivity contribution in [3.8, 4) is 10.8 Å². The first-order valence-corrected chi connectivity index (χ1v) is 10.2. The molecular formula is C19H21NO2S2. The van der Waals surface area contributed by atoms with E-state index in [2.05, 4.69) is 50.0 Å². The number of hydrogen-bond acceptors (Lipinski definition) is 4. The fourth-order valence-corrected chi connectivity index (χ4v) is 4.17. The van der Waals surface area contributed by atoms with Crippen LogP contribution in [0.25, 0.3) is 10.8 Å². The summed E-state index contributed by atoms with van der Waals surface area (Å²) < 4.78 is 17.9. The van der Waals surface area contributed by atoms with E-state index in [0.29, 0.717) is 17.4 Å². The van der Waals surface area contributed by atoms with Gasteiger partial charge in [-0.25, -0.2) is 4.98 Å². The molecule has 0 saturated heterocycles. The van der Waals surface area contributed by atoms with E-state index in [4.69, 9.17) is 4.42 Å². The number of aromatic nitrogens is 1. The molecule has 0 radical (unpaired) electrons. The molecule has 1 aromatic carbocycles. The van der Waals surface area contributed by atoms with Crippen molar-refractivity contribution in [1.29, 1.82) is 0 Å². The van der Waals surface area contributed by atoms with Crippen molar-refractivity contribution < 1.29 is 8.63 Å². The van der Waals surface area contributed by atoms with E-state index in [1.807, 2.05) is 17.5 Å². The van der Waals surface area contributed by atoms with Crippen LogP contribution in [0.5, 0.6) is 0 Å². The third-order valence-electron chi connectivity index (χ3n) is 3.74. The first-order valence-electron chi connectivity index (χ1n) is 7.84. The van der Waals surface area contributed by atoms with E-state index in [1.54, 1.807) is 17.6 Å². The summed E-state index contributed by atoms with van der Waals surface area (Å²) in [6, 6.07) is 12.3. The molecule has 1 unspecified atom stereocenters. The summed E-state index contributed by atoms with van der Waals surface area (Å²) in [7, 11) is -1.00. The Morgan fingerprint density at radius 2 is 1.88 bits per heavy atom. The average Bonchev–Trinajstić information content (AvgIpc) is 3.17. The fourth-order valence-electron chi connectivity index (χ4n) is 2.39. The van der Waals surface area contributed by atoms with Gasteiger partial charge in [-0.05, 0) is 28.0 Å². The third-order valence-corrected chi connectivity index (χ3v) is 5.87. The molecule has 1 atom stereocenters. The van der Waals surface area contributed by atoms with Crippen LogP contribution in [0.3, 0.4) is 0 Å². The van der Waals surface area contributed by atoms with Crippen LogP contribution in [0.1, 0.15) is 37.6 Å². The Bertz CT molecular complexity index is 812. The lowest BCUT2D eigenvalue weighted by Gasteiger charge is -2.19. The minimum atomic E-state index is -1.00. The summed E-state index contributed by atoms with van der Waals surface area (Å²) in [6.45, 7) is 6.57. The monoisotopic (exact) mass is 359 g/mol. The topological polar surface area (TPSA) is 43.1 Å². The number of rotatable bonds is 5. The first-order chi connectivity index (χ1) is 11.4. The molecule has 0 spiro atoms. The molecule has 0 aliphatic rings. The quantitative estimate of drug-likeness (QED) is 0.633. The van der Waals surface area contributed by atoms with Crippen LogP contribution in [0.4, 0.5) is 0 Å². The minimum absolute atomic E-state index is 0.136. The highest BCUT2D eigenvalue weighted by Gasteiger charge is 2.14. The number of hydrogen-bond donors (Lipinski definition) is 0. The van der Waals surface area contributed by atoms with Gasteiger partial charge in [-0.2, -0.15) is 0 Å². The zero-order valence-electron chi connectivity index (χ0n) is 14.1. The number of nitrogens with zero attached hydrogens (tertiary/aromatic N) is 1. The zero-order valence-corrected chi connectivity index (χ0v) is 15.7. The summed E-state index contributed by atoms with van der Waals surface area (Å²) in [6.07, 6.45) is 1.61. The van der Waals surface area contributed by atoms with Crippen LogP contribution >= 0.6 is 11.3 Å². The van der Waals surface area contributed by atoms with Crippen LogP contribution in [0, 0.1) is 0 Å². The number of thiophene rings is 1. The molecule has 3 nitrogen and oxygen atoms in total.